The minimum atomic E-state index is -0.0266. The smallest absolute Gasteiger partial charge is 0.271 e. The highest BCUT2D eigenvalue weighted by Crippen LogP contribution is 2.04. The number of aromatic nitrogens is 1. The van der Waals surface area contributed by atoms with Crippen LogP contribution in [0.1, 0.15) is 17.4 Å². The second-order valence-electron chi connectivity index (χ2n) is 2.59. The number of carbonyl (C=O) groups excluding carboxylic acids is 1. The molecule has 4 nitrogen and oxygen atoms in total. The zero-order valence-electron chi connectivity index (χ0n) is 6.16. The fourth-order valence-electron chi connectivity index (χ4n) is 1.19. The fourth-order valence-corrected chi connectivity index (χ4v) is 1.19. The summed E-state index contributed by atoms with van der Waals surface area (Å²) in [6.45, 7) is 1.89. The molecule has 4 heteroatoms. The third kappa shape index (κ3) is 0.869. The van der Waals surface area contributed by atoms with Crippen molar-refractivity contribution in [3.05, 3.63) is 24.0 Å². The Morgan fingerprint density at radius 3 is 3.27 bits per heavy atom. The van der Waals surface area contributed by atoms with Crippen LogP contribution in [0.25, 0.3) is 0 Å². The Morgan fingerprint density at radius 1 is 1.64 bits per heavy atom. The van der Waals surface area contributed by atoms with Crippen LogP contribution >= 0.6 is 0 Å². The van der Waals surface area contributed by atoms with Gasteiger partial charge >= 0.3 is 0 Å². The molecule has 1 aliphatic heterocycles. The molecule has 11 heavy (non-hydrogen) atoms. The zero-order valence-corrected chi connectivity index (χ0v) is 6.16. The quantitative estimate of drug-likeness (QED) is 0.553. The molecule has 1 aromatic rings. The molecule has 2 N–H and O–H groups in total. The van der Waals surface area contributed by atoms with Crippen LogP contribution in [0.4, 0.5) is 0 Å². The lowest BCUT2D eigenvalue weighted by Gasteiger charge is -2.24. The van der Waals surface area contributed by atoms with Crippen molar-refractivity contribution in [2.75, 3.05) is 5.43 Å². The van der Waals surface area contributed by atoms with E-state index in [1.165, 1.54) is 0 Å². The van der Waals surface area contributed by atoms with Crippen LogP contribution in [0.5, 0.6) is 0 Å². The van der Waals surface area contributed by atoms with Gasteiger partial charge in [-0.15, -0.1) is 0 Å². The predicted molar refractivity (Wildman–Crippen MR) is 40.7 cm³/mol. The van der Waals surface area contributed by atoms with Crippen molar-refractivity contribution in [3.8, 4) is 0 Å². The number of nitrogens with zero attached hydrogens (tertiary/aromatic N) is 1. The summed E-state index contributed by atoms with van der Waals surface area (Å²) in [5.41, 5.74) is 3.71. The lowest BCUT2D eigenvalue weighted by molar-refractivity contribution is 0.0919. The van der Waals surface area contributed by atoms with E-state index in [1.807, 2.05) is 19.2 Å². The van der Waals surface area contributed by atoms with Gasteiger partial charge in [0.25, 0.3) is 5.91 Å². The molecule has 0 spiro atoms. The summed E-state index contributed by atoms with van der Waals surface area (Å²) in [4.78, 5) is 11.2. The molecule has 2 heterocycles. The van der Waals surface area contributed by atoms with Crippen LogP contribution in [-0.4, -0.2) is 16.7 Å². The van der Waals surface area contributed by atoms with Gasteiger partial charge in [-0.1, -0.05) is 0 Å². The Kier molecular flexibility index (Phi) is 1.15. The van der Waals surface area contributed by atoms with Crippen LogP contribution < -0.4 is 10.7 Å². The lowest BCUT2D eigenvalue weighted by atomic mass is 10.3. The van der Waals surface area contributed by atoms with Gasteiger partial charge in [0, 0.05) is 6.20 Å². The molecule has 1 aromatic heterocycles. The number of hydrogen-bond donors (Lipinski definition) is 2. The van der Waals surface area contributed by atoms with Crippen molar-refractivity contribution < 1.29 is 4.79 Å². The molecule has 1 atom stereocenters. The molecule has 0 radical (unpaired) electrons. The van der Waals surface area contributed by atoms with Crippen LogP contribution in [0.15, 0.2) is 18.3 Å². The van der Waals surface area contributed by atoms with Crippen LogP contribution in [-0.2, 0) is 0 Å². The topological polar surface area (TPSA) is 46.1 Å². The summed E-state index contributed by atoms with van der Waals surface area (Å²) in [5.74, 6) is -0.0266. The van der Waals surface area contributed by atoms with Crippen molar-refractivity contribution in [1.29, 1.82) is 0 Å². The summed E-state index contributed by atoms with van der Waals surface area (Å²) in [6.07, 6.45) is 1.83. The number of rotatable bonds is 0. The first kappa shape index (κ1) is 6.27. The van der Waals surface area contributed by atoms with E-state index in [4.69, 9.17) is 0 Å². The normalized spacial score (nSPS) is 21.9. The minimum absolute atomic E-state index is 0.00222. The van der Waals surface area contributed by atoms with E-state index in [0.717, 1.165) is 0 Å². The van der Waals surface area contributed by atoms with Crippen LogP contribution in [0.3, 0.4) is 0 Å². The number of carbonyl (C=O) groups is 1. The van der Waals surface area contributed by atoms with Gasteiger partial charge in [-0.25, -0.2) is 0 Å². The third-order valence-corrected chi connectivity index (χ3v) is 1.66. The average molecular weight is 151 g/mol. The summed E-state index contributed by atoms with van der Waals surface area (Å²) >= 11 is 0. The maximum Gasteiger partial charge on any atom is 0.271 e. The maximum atomic E-state index is 11.2. The molecule has 1 unspecified atom stereocenters. The van der Waals surface area contributed by atoms with E-state index in [-0.39, 0.29) is 12.1 Å². The summed E-state index contributed by atoms with van der Waals surface area (Å²) in [7, 11) is 0. The first-order valence-electron chi connectivity index (χ1n) is 3.52. The SMILES string of the molecule is CC1NC(=O)c2cccn2N1. The minimum Gasteiger partial charge on any atom is -0.330 e. The van der Waals surface area contributed by atoms with Crippen molar-refractivity contribution in [3.63, 3.8) is 0 Å². The second kappa shape index (κ2) is 2.02. The summed E-state index contributed by atoms with van der Waals surface area (Å²) in [5, 5.41) is 2.75. The van der Waals surface area contributed by atoms with E-state index in [9.17, 15) is 4.79 Å². The van der Waals surface area contributed by atoms with E-state index in [0.29, 0.717) is 5.69 Å². The van der Waals surface area contributed by atoms with Gasteiger partial charge < -0.3 is 10.7 Å². The molecule has 2 rings (SSSR count). The Labute approximate surface area is 64.2 Å². The maximum absolute atomic E-state index is 11.2. The average Bonchev–Trinajstić information content (AvgIpc) is 2.34. The molecule has 0 fully saturated rings. The molecule has 58 valence electrons. The summed E-state index contributed by atoms with van der Waals surface area (Å²) in [6, 6.07) is 3.61. The van der Waals surface area contributed by atoms with Gasteiger partial charge in [-0.05, 0) is 19.1 Å². The Balaban J connectivity index is 2.44. The van der Waals surface area contributed by atoms with Gasteiger partial charge in [0.05, 0.1) is 0 Å². The second-order valence-corrected chi connectivity index (χ2v) is 2.59. The van der Waals surface area contributed by atoms with Crippen LogP contribution in [0.2, 0.25) is 0 Å². The number of fused-ring (bicyclic) bond motifs is 1. The van der Waals surface area contributed by atoms with Crippen molar-refractivity contribution in [2.45, 2.75) is 13.1 Å². The standard InChI is InChI=1S/C7H9N3O/c1-5-8-7(11)6-3-2-4-10(6)9-5/h2-5,9H,1H3,(H,8,11). The third-order valence-electron chi connectivity index (χ3n) is 1.66. The first-order chi connectivity index (χ1) is 5.27. The largest absolute Gasteiger partial charge is 0.330 e. The first-order valence-corrected chi connectivity index (χ1v) is 3.52. The number of amides is 1. The Hall–Kier alpha value is -1.45. The number of nitrogens with one attached hydrogen (secondary N) is 2. The fraction of sp³-hybridized carbons (Fsp3) is 0.286. The molecular formula is C7H9N3O. The van der Waals surface area contributed by atoms with Crippen molar-refractivity contribution in [1.82, 2.24) is 9.99 Å². The predicted octanol–water partition coefficient (Wildman–Crippen LogP) is 0.121. The zero-order chi connectivity index (χ0) is 7.84. The molecule has 1 aliphatic rings. The van der Waals surface area contributed by atoms with E-state index in [2.05, 4.69) is 10.7 Å². The van der Waals surface area contributed by atoms with Gasteiger partial charge in [0.1, 0.15) is 11.9 Å². The highest BCUT2D eigenvalue weighted by Gasteiger charge is 2.18. The molecular weight excluding hydrogens is 142 g/mol. The monoisotopic (exact) mass is 151 g/mol. The van der Waals surface area contributed by atoms with Gasteiger partial charge in [0.15, 0.2) is 0 Å². The van der Waals surface area contributed by atoms with Crippen molar-refractivity contribution in [2.24, 2.45) is 0 Å². The Morgan fingerprint density at radius 2 is 2.45 bits per heavy atom. The van der Waals surface area contributed by atoms with Gasteiger partial charge in [0.2, 0.25) is 0 Å². The molecule has 0 saturated heterocycles. The van der Waals surface area contributed by atoms with E-state index >= 15 is 0 Å². The van der Waals surface area contributed by atoms with E-state index in [1.54, 1.807) is 10.7 Å². The highest BCUT2D eigenvalue weighted by molar-refractivity contribution is 5.93. The molecule has 0 aromatic carbocycles. The number of hydrogen-bond acceptors (Lipinski definition) is 2. The molecule has 0 saturated carbocycles. The van der Waals surface area contributed by atoms with Gasteiger partial charge in [-0.3, -0.25) is 9.47 Å². The van der Waals surface area contributed by atoms with Gasteiger partial charge in [-0.2, -0.15) is 0 Å². The Bertz CT molecular complexity index is 292. The van der Waals surface area contributed by atoms with Crippen molar-refractivity contribution >= 4 is 5.91 Å². The lowest BCUT2D eigenvalue weighted by Crippen LogP contribution is -2.48. The molecule has 0 aliphatic carbocycles. The van der Waals surface area contributed by atoms with Crippen LogP contribution in [0, 0.1) is 0 Å². The van der Waals surface area contributed by atoms with E-state index < -0.39 is 0 Å². The summed E-state index contributed by atoms with van der Waals surface area (Å²) < 4.78 is 1.73. The molecule has 0 bridgehead atoms. The highest BCUT2D eigenvalue weighted by atomic mass is 16.2. The molecule has 1 amide bonds.